The number of rotatable bonds is 7. The van der Waals surface area contributed by atoms with E-state index in [4.69, 9.17) is 9.15 Å². The molecule has 0 radical (unpaired) electrons. The third-order valence-corrected chi connectivity index (χ3v) is 4.29. The van der Waals surface area contributed by atoms with Crippen LogP contribution in [0, 0.1) is 6.92 Å². The molecule has 0 N–H and O–H groups in total. The number of hydrogen-bond donors (Lipinski definition) is 0. The molecule has 0 fully saturated rings. The van der Waals surface area contributed by atoms with Gasteiger partial charge in [0.1, 0.15) is 11.5 Å². The number of ether oxygens (including phenoxy) is 1. The van der Waals surface area contributed by atoms with Crippen molar-refractivity contribution in [3.05, 3.63) is 71.6 Å². The predicted molar refractivity (Wildman–Crippen MR) is 101 cm³/mol. The summed E-state index contributed by atoms with van der Waals surface area (Å²) in [5, 5.41) is 0. The molecule has 3 nitrogen and oxygen atoms in total. The Morgan fingerprint density at radius 3 is 2.40 bits per heavy atom. The molecule has 0 saturated carbocycles. The lowest BCUT2D eigenvalue weighted by molar-refractivity contribution is 0.310. The van der Waals surface area contributed by atoms with Gasteiger partial charge in [0.15, 0.2) is 0 Å². The van der Waals surface area contributed by atoms with Gasteiger partial charge >= 0.3 is 0 Å². The van der Waals surface area contributed by atoms with Crippen molar-refractivity contribution in [2.24, 2.45) is 0 Å². The molecule has 0 saturated heterocycles. The Labute approximate surface area is 149 Å². The zero-order valence-corrected chi connectivity index (χ0v) is 15.2. The topological polar surface area (TPSA) is 35.3 Å². The summed E-state index contributed by atoms with van der Waals surface area (Å²) in [6, 6.07) is 18.4. The number of oxazole rings is 1. The summed E-state index contributed by atoms with van der Waals surface area (Å²) >= 11 is 0. The van der Waals surface area contributed by atoms with E-state index in [2.05, 4.69) is 43.1 Å². The summed E-state index contributed by atoms with van der Waals surface area (Å²) in [6.45, 7) is 7.04. The molecular weight excluding hydrogens is 310 g/mol. The highest BCUT2D eigenvalue weighted by Gasteiger charge is 2.11. The quantitative estimate of drug-likeness (QED) is 0.513. The van der Waals surface area contributed by atoms with Crippen molar-refractivity contribution in [2.75, 3.05) is 6.61 Å². The maximum absolute atomic E-state index is 5.86. The van der Waals surface area contributed by atoms with Crippen molar-refractivity contribution in [2.45, 2.75) is 39.5 Å². The van der Waals surface area contributed by atoms with Gasteiger partial charge in [0.05, 0.1) is 12.3 Å². The van der Waals surface area contributed by atoms with Crippen LogP contribution in [-0.2, 0) is 6.42 Å². The van der Waals surface area contributed by atoms with Crippen molar-refractivity contribution in [3.63, 3.8) is 0 Å². The van der Waals surface area contributed by atoms with E-state index in [-0.39, 0.29) is 0 Å². The largest absolute Gasteiger partial charge is 0.494 e. The zero-order chi connectivity index (χ0) is 17.6. The highest BCUT2D eigenvalue weighted by molar-refractivity contribution is 5.54. The van der Waals surface area contributed by atoms with Crippen LogP contribution >= 0.6 is 0 Å². The highest BCUT2D eigenvalue weighted by atomic mass is 16.5. The van der Waals surface area contributed by atoms with Crippen molar-refractivity contribution >= 4 is 0 Å². The Balaban J connectivity index is 1.58. The van der Waals surface area contributed by atoms with Gasteiger partial charge in [0.25, 0.3) is 0 Å². The molecule has 3 rings (SSSR count). The summed E-state index contributed by atoms with van der Waals surface area (Å²) < 4.78 is 11.6. The van der Waals surface area contributed by atoms with E-state index in [1.165, 1.54) is 5.56 Å². The molecule has 0 unspecified atom stereocenters. The minimum atomic E-state index is 0.528. The van der Waals surface area contributed by atoms with Gasteiger partial charge in [0.2, 0.25) is 5.89 Å². The molecule has 0 atom stereocenters. The van der Waals surface area contributed by atoms with E-state index in [1.54, 1.807) is 0 Å². The molecule has 0 aliphatic rings. The second-order valence-electron chi connectivity index (χ2n) is 6.56. The van der Waals surface area contributed by atoms with E-state index in [0.29, 0.717) is 18.4 Å². The SMILES string of the molecule is Cc1oc(-c2ccc(C(C)C)cc2)nc1CCCOc1ccccc1. The van der Waals surface area contributed by atoms with Crippen LogP contribution in [0.2, 0.25) is 0 Å². The smallest absolute Gasteiger partial charge is 0.226 e. The monoisotopic (exact) mass is 335 g/mol. The molecule has 25 heavy (non-hydrogen) atoms. The number of aryl methyl sites for hydroxylation is 2. The fourth-order valence-corrected chi connectivity index (χ4v) is 2.74. The summed E-state index contributed by atoms with van der Waals surface area (Å²) in [5.74, 6) is 3.03. The van der Waals surface area contributed by atoms with Crippen LogP contribution in [0.3, 0.4) is 0 Å². The highest BCUT2D eigenvalue weighted by Crippen LogP contribution is 2.24. The summed E-state index contributed by atoms with van der Waals surface area (Å²) in [6.07, 6.45) is 1.76. The molecule has 2 aromatic carbocycles. The first-order valence-corrected chi connectivity index (χ1v) is 8.88. The lowest BCUT2D eigenvalue weighted by atomic mass is 10.0. The van der Waals surface area contributed by atoms with Crippen molar-refractivity contribution in [3.8, 4) is 17.2 Å². The Hall–Kier alpha value is -2.55. The molecule has 3 heteroatoms. The first-order chi connectivity index (χ1) is 12.1. The summed E-state index contributed by atoms with van der Waals surface area (Å²) in [5.41, 5.74) is 3.36. The third kappa shape index (κ3) is 4.50. The van der Waals surface area contributed by atoms with E-state index >= 15 is 0 Å². The molecule has 1 aromatic heterocycles. The van der Waals surface area contributed by atoms with Crippen molar-refractivity contribution in [1.29, 1.82) is 0 Å². The second kappa shape index (κ2) is 8.02. The van der Waals surface area contributed by atoms with Crippen LogP contribution in [0.1, 0.15) is 43.2 Å². The zero-order valence-electron chi connectivity index (χ0n) is 15.2. The van der Waals surface area contributed by atoms with Crippen molar-refractivity contribution < 1.29 is 9.15 Å². The molecule has 1 heterocycles. The Bertz CT molecular complexity index is 789. The first kappa shape index (κ1) is 17.3. The van der Waals surface area contributed by atoms with Crippen molar-refractivity contribution in [1.82, 2.24) is 4.98 Å². The molecule has 0 aliphatic carbocycles. The minimum Gasteiger partial charge on any atom is -0.494 e. The van der Waals surface area contributed by atoms with Crippen LogP contribution in [0.5, 0.6) is 5.75 Å². The fourth-order valence-electron chi connectivity index (χ4n) is 2.74. The molecule has 0 bridgehead atoms. The van der Waals surface area contributed by atoms with Gasteiger partial charge in [-0.1, -0.05) is 44.2 Å². The second-order valence-corrected chi connectivity index (χ2v) is 6.56. The lowest BCUT2D eigenvalue weighted by Crippen LogP contribution is -2.00. The fraction of sp³-hybridized carbons (Fsp3) is 0.318. The average molecular weight is 335 g/mol. The lowest BCUT2D eigenvalue weighted by Gasteiger charge is -2.05. The van der Waals surface area contributed by atoms with E-state index < -0.39 is 0 Å². The number of para-hydroxylation sites is 1. The molecular formula is C22H25NO2. The normalized spacial score (nSPS) is 11.0. The Kier molecular flexibility index (Phi) is 5.54. The van der Waals surface area contributed by atoms with Gasteiger partial charge in [-0.05, 0) is 55.5 Å². The maximum Gasteiger partial charge on any atom is 0.226 e. The van der Waals surface area contributed by atoms with Gasteiger partial charge in [0, 0.05) is 5.56 Å². The van der Waals surface area contributed by atoms with Crippen LogP contribution in [0.15, 0.2) is 59.0 Å². The standard InChI is InChI=1S/C22H25NO2/c1-16(2)18-11-13-19(14-12-18)22-23-21(17(3)25-22)10-7-15-24-20-8-5-4-6-9-20/h4-6,8-9,11-14,16H,7,10,15H2,1-3H3. The predicted octanol–water partition coefficient (Wildman–Crippen LogP) is 5.79. The number of hydrogen-bond acceptors (Lipinski definition) is 3. The van der Waals surface area contributed by atoms with Crippen LogP contribution in [0.25, 0.3) is 11.5 Å². The maximum atomic E-state index is 5.86. The molecule has 0 aliphatic heterocycles. The van der Waals surface area contributed by atoms with Gasteiger partial charge in [-0.15, -0.1) is 0 Å². The average Bonchev–Trinajstić information content (AvgIpc) is 3.00. The molecule has 130 valence electrons. The number of benzene rings is 2. The number of nitrogens with zero attached hydrogens (tertiary/aromatic N) is 1. The number of aromatic nitrogens is 1. The molecule has 0 amide bonds. The van der Waals surface area contributed by atoms with E-state index in [0.717, 1.165) is 35.6 Å². The minimum absolute atomic E-state index is 0.528. The first-order valence-electron chi connectivity index (χ1n) is 8.88. The van der Waals surface area contributed by atoms with Gasteiger partial charge in [-0.2, -0.15) is 0 Å². The molecule has 0 spiro atoms. The summed E-state index contributed by atoms with van der Waals surface area (Å²) in [4.78, 5) is 4.68. The van der Waals surface area contributed by atoms with Gasteiger partial charge in [-0.3, -0.25) is 0 Å². The van der Waals surface area contributed by atoms with Crippen LogP contribution < -0.4 is 4.74 Å². The van der Waals surface area contributed by atoms with E-state index in [1.807, 2.05) is 37.3 Å². The Morgan fingerprint density at radius 1 is 1.00 bits per heavy atom. The van der Waals surface area contributed by atoms with Gasteiger partial charge < -0.3 is 9.15 Å². The third-order valence-electron chi connectivity index (χ3n) is 4.29. The van der Waals surface area contributed by atoms with Gasteiger partial charge in [-0.25, -0.2) is 4.98 Å². The van der Waals surface area contributed by atoms with Crippen LogP contribution in [-0.4, -0.2) is 11.6 Å². The van der Waals surface area contributed by atoms with E-state index in [9.17, 15) is 0 Å². The summed E-state index contributed by atoms with van der Waals surface area (Å²) in [7, 11) is 0. The Morgan fingerprint density at radius 2 is 1.72 bits per heavy atom. The molecule has 3 aromatic rings. The van der Waals surface area contributed by atoms with Crippen LogP contribution in [0.4, 0.5) is 0 Å².